The van der Waals surface area contributed by atoms with Gasteiger partial charge in [0.2, 0.25) is 5.88 Å². The van der Waals surface area contributed by atoms with Crippen molar-refractivity contribution in [2.45, 2.75) is 25.3 Å². The molecule has 1 unspecified atom stereocenters. The number of hydrogen-bond acceptors (Lipinski definition) is 3. The standard InChI is InChI=1S/C11H14ClNO2/c1-8-9(6-12)2-3-11(13-8)15-10-4-5-14-7-10/h2-3,10H,4-7H2,1H3. The molecule has 1 aliphatic heterocycles. The molecule has 3 nitrogen and oxygen atoms in total. The maximum Gasteiger partial charge on any atom is 0.213 e. The molecule has 2 heterocycles. The van der Waals surface area contributed by atoms with Crippen LogP contribution in [-0.2, 0) is 10.6 Å². The summed E-state index contributed by atoms with van der Waals surface area (Å²) in [5.41, 5.74) is 1.98. The maximum atomic E-state index is 5.75. The largest absolute Gasteiger partial charge is 0.472 e. The molecule has 1 saturated heterocycles. The van der Waals surface area contributed by atoms with Crippen molar-refractivity contribution < 1.29 is 9.47 Å². The number of rotatable bonds is 3. The Hall–Kier alpha value is -0.800. The Bertz CT molecular complexity index is 337. The molecule has 1 atom stereocenters. The van der Waals surface area contributed by atoms with Crippen LogP contribution in [0.15, 0.2) is 12.1 Å². The van der Waals surface area contributed by atoms with Gasteiger partial charge in [0.15, 0.2) is 0 Å². The van der Waals surface area contributed by atoms with E-state index >= 15 is 0 Å². The molecule has 0 radical (unpaired) electrons. The van der Waals surface area contributed by atoms with Gasteiger partial charge in [0, 0.05) is 24.1 Å². The van der Waals surface area contributed by atoms with Crippen LogP contribution in [0.5, 0.6) is 5.88 Å². The van der Waals surface area contributed by atoms with Gasteiger partial charge in [-0.3, -0.25) is 0 Å². The fourth-order valence-electron chi connectivity index (χ4n) is 1.55. The topological polar surface area (TPSA) is 31.4 Å². The summed E-state index contributed by atoms with van der Waals surface area (Å²) in [6, 6.07) is 3.82. The molecule has 0 aromatic carbocycles. The zero-order valence-corrected chi connectivity index (χ0v) is 9.46. The average molecular weight is 228 g/mol. The normalized spacial score (nSPS) is 20.5. The quantitative estimate of drug-likeness (QED) is 0.743. The summed E-state index contributed by atoms with van der Waals surface area (Å²) in [4.78, 5) is 4.35. The summed E-state index contributed by atoms with van der Waals surface area (Å²) in [6.07, 6.45) is 1.09. The van der Waals surface area contributed by atoms with Crippen LogP contribution in [0.1, 0.15) is 17.7 Å². The number of pyridine rings is 1. The average Bonchev–Trinajstić information content (AvgIpc) is 2.71. The minimum absolute atomic E-state index is 0.152. The predicted octanol–water partition coefficient (Wildman–Crippen LogP) is 2.30. The summed E-state index contributed by atoms with van der Waals surface area (Å²) in [5.74, 6) is 1.16. The highest BCUT2D eigenvalue weighted by molar-refractivity contribution is 6.17. The van der Waals surface area contributed by atoms with Crippen molar-refractivity contribution in [2.24, 2.45) is 0 Å². The second-order valence-corrected chi connectivity index (χ2v) is 3.90. The lowest BCUT2D eigenvalue weighted by Gasteiger charge is -2.11. The molecule has 15 heavy (non-hydrogen) atoms. The van der Waals surface area contributed by atoms with E-state index in [1.165, 1.54) is 0 Å². The van der Waals surface area contributed by atoms with E-state index in [-0.39, 0.29) is 6.10 Å². The lowest BCUT2D eigenvalue weighted by atomic mass is 10.2. The van der Waals surface area contributed by atoms with E-state index < -0.39 is 0 Å². The fraction of sp³-hybridized carbons (Fsp3) is 0.545. The summed E-state index contributed by atoms with van der Waals surface area (Å²) >= 11 is 5.75. The number of ether oxygens (including phenoxy) is 2. The minimum Gasteiger partial charge on any atom is -0.472 e. The van der Waals surface area contributed by atoms with Crippen LogP contribution in [0.25, 0.3) is 0 Å². The summed E-state index contributed by atoms with van der Waals surface area (Å²) < 4.78 is 10.9. The molecular weight excluding hydrogens is 214 g/mol. The SMILES string of the molecule is Cc1nc(OC2CCOC2)ccc1CCl. The first kappa shape index (κ1) is 10.7. The Kier molecular flexibility index (Phi) is 3.44. The minimum atomic E-state index is 0.152. The van der Waals surface area contributed by atoms with Gasteiger partial charge in [-0.05, 0) is 12.5 Å². The monoisotopic (exact) mass is 227 g/mol. The number of alkyl halides is 1. The van der Waals surface area contributed by atoms with Gasteiger partial charge in [-0.1, -0.05) is 6.07 Å². The Labute approximate surface area is 94.4 Å². The van der Waals surface area contributed by atoms with Gasteiger partial charge >= 0.3 is 0 Å². The van der Waals surface area contributed by atoms with Crippen molar-refractivity contribution in [3.63, 3.8) is 0 Å². The van der Waals surface area contributed by atoms with E-state index in [1.807, 2.05) is 19.1 Å². The van der Waals surface area contributed by atoms with E-state index in [0.29, 0.717) is 18.4 Å². The molecule has 1 aromatic rings. The number of aromatic nitrogens is 1. The van der Waals surface area contributed by atoms with Crippen LogP contribution in [0.3, 0.4) is 0 Å². The van der Waals surface area contributed by atoms with Crippen LogP contribution < -0.4 is 4.74 Å². The Morgan fingerprint density at radius 2 is 2.47 bits per heavy atom. The van der Waals surface area contributed by atoms with E-state index in [1.54, 1.807) is 0 Å². The number of nitrogens with zero attached hydrogens (tertiary/aromatic N) is 1. The van der Waals surface area contributed by atoms with Crippen molar-refractivity contribution in [2.75, 3.05) is 13.2 Å². The molecule has 0 N–H and O–H groups in total. The lowest BCUT2D eigenvalue weighted by Crippen LogP contribution is -2.16. The fourth-order valence-corrected chi connectivity index (χ4v) is 1.83. The van der Waals surface area contributed by atoms with Crippen LogP contribution in [-0.4, -0.2) is 24.3 Å². The second kappa shape index (κ2) is 4.81. The van der Waals surface area contributed by atoms with E-state index in [2.05, 4.69) is 4.98 Å². The first-order valence-electron chi connectivity index (χ1n) is 5.06. The van der Waals surface area contributed by atoms with Crippen LogP contribution in [0, 0.1) is 6.92 Å². The second-order valence-electron chi connectivity index (χ2n) is 3.63. The van der Waals surface area contributed by atoms with E-state index in [0.717, 1.165) is 24.3 Å². The van der Waals surface area contributed by atoms with Gasteiger partial charge in [-0.15, -0.1) is 11.6 Å². The molecule has 0 saturated carbocycles. The third-order valence-electron chi connectivity index (χ3n) is 2.49. The van der Waals surface area contributed by atoms with Crippen molar-refractivity contribution in [3.05, 3.63) is 23.4 Å². The summed E-state index contributed by atoms with van der Waals surface area (Å²) in [7, 11) is 0. The highest BCUT2D eigenvalue weighted by atomic mass is 35.5. The van der Waals surface area contributed by atoms with E-state index in [4.69, 9.17) is 21.1 Å². The molecule has 0 spiro atoms. The zero-order valence-electron chi connectivity index (χ0n) is 8.70. The van der Waals surface area contributed by atoms with Crippen LogP contribution in [0.2, 0.25) is 0 Å². The molecular formula is C11H14ClNO2. The van der Waals surface area contributed by atoms with Crippen molar-refractivity contribution in [1.82, 2.24) is 4.98 Å². The molecule has 1 aliphatic rings. The maximum absolute atomic E-state index is 5.75. The molecule has 0 amide bonds. The van der Waals surface area contributed by atoms with Crippen molar-refractivity contribution in [3.8, 4) is 5.88 Å². The summed E-state index contributed by atoms with van der Waals surface area (Å²) in [6.45, 7) is 3.39. The summed E-state index contributed by atoms with van der Waals surface area (Å²) in [5, 5.41) is 0. The number of aryl methyl sites for hydroxylation is 1. The predicted molar refractivity (Wildman–Crippen MR) is 58.4 cm³/mol. The van der Waals surface area contributed by atoms with Crippen LogP contribution in [0.4, 0.5) is 0 Å². The smallest absolute Gasteiger partial charge is 0.213 e. The van der Waals surface area contributed by atoms with Crippen molar-refractivity contribution in [1.29, 1.82) is 0 Å². The van der Waals surface area contributed by atoms with Gasteiger partial charge in [0.05, 0.1) is 13.2 Å². The molecule has 2 rings (SSSR count). The third-order valence-corrected chi connectivity index (χ3v) is 2.78. The lowest BCUT2D eigenvalue weighted by molar-refractivity contribution is 0.138. The number of hydrogen-bond donors (Lipinski definition) is 0. The molecule has 0 aliphatic carbocycles. The molecule has 0 bridgehead atoms. The van der Waals surface area contributed by atoms with Gasteiger partial charge in [-0.25, -0.2) is 4.98 Å². The van der Waals surface area contributed by atoms with Gasteiger partial charge in [0.1, 0.15) is 6.10 Å². The van der Waals surface area contributed by atoms with Crippen molar-refractivity contribution >= 4 is 11.6 Å². The third kappa shape index (κ3) is 2.61. The highest BCUT2D eigenvalue weighted by Crippen LogP contribution is 2.17. The Morgan fingerprint density at radius 3 is 3.07 bits per heavy atom. The van der Waals surface area contributed by atoms with Gasteiger partial charge < -0.3 is 9.47 Å². The zero-order chi connectivity index (χ0) is 10.7. The van der Waals surface area contributed by atoms with E-state index in [9.17, 15) is 0 Å². The number of halogens is 1. The molecule has 82 valence electrons. The molecule has 4 heteroatoms. The molecule has 1 aromatic heterocycles. The Morgan fingerprint density at radius 1 is 1.60 bits per heavy atom. The first-order valence-corrected chi connectivity index (χ1v) is 5.60. The van der Waals surface area contributed by atoms with Crippen LogP contribution >= 0.6 is 11.6 Å². The first-order chi connectivity index (χ1) is 7.29. The van der Waals surface area contributed by atoms with Gasteiger partial charge in [0.25, 0.3) is 0 Å². The Balaban J connectivity index is 2.05. The highest BCUT2D eigenvalue weighted by Gasteiger charge is 2.17. The van der Waals surface area contributed by atoms with Gasteiger partial charge in [-0.2, -0.15) is 0 Å². The molecule has 1 fully saturated rings.